The predicted molar refractivity (Wildman–Crippen MR) is 97.7 cm³/mol. The summed E-state index contributed by atoms with van der Waals surface area (Å²) in [5.74, 6) is 1.41. The van der Waals surface area contributed by atoms with Crippen molar-refractivity contribution in [1.29, 1.82) is 0 Å². The minimum absolute atomic E-state index is 0.0575. The molecule has 0 aliphatic carbocycles. The van der Waals surface area contributed by atoms with Crippen molar-refractivity contribution < 1.29 is 9.53 Å². The summed E-state index contributed by atoms with van der Waals surface area (Å²) in [4.78, 5) is 15.0. The average Bonchev–Trinajstić information content (AvgIpc) is 3.21. The van der Waals surface area contributed by atoms with Crippen LogP contribution in [-0.2, 0) is 23.0 Å². The van der Waals surface area contributed by atoms with Crippen molar-refractivity contribution in [3.05, 3.63) is 47.5 Å². The van der Waals surface area contributed by atoms with Crippen LogP contribution >= 0.6 is 0 Å². The Hall–Kier alpha value is -2.21. The van der Waals surface area contributed by atoms with E-state index in [-0.39, 0.29) is 17.2 Å². The summed E-state index contributed by atoms with van der Waals surface area (Å²) < 4.78 is 7.60. The molecule has 2 aliphatic rings. The van der Waals surface area contributed by atoms with Gasteiger partial charge in [-0.2, -0.15) is 0 Å². The molecule has 2 aliphatic heterocycles. The van der Waals surface area contributed by atoms with E-state index < -0.39 is 0 Å². The van der Waals surface area contributed by atoms with Gasteiger partial charge >= 0.3 is 0 Å². The normalized spacial score (nSPS) is 22.1. The van der Waals surface area contributed by atoms with Crippen LogP contribution in [-0.4, -0.2) is 51.9 Å². The van der Waals surface area contributed by atoms with Gasteiger partial charge in [-0.3, -0.25) is 4.79 Å². The number of benzene rings is 1. The second-order valence-corrected chi connectivity index (χ2v) is 7.76. The Labute approximate surface area is 154 Å². The molecule has 2 fully saturated rings. The number of aryl methyl sites for hydroxylation is 2. The summed E-state index contributed by atoms with van der Waals surface area (Å²) >= 11 is 0. The van der Waals surface area contributed by atoms with Crippen LogP contribution in [0.3, 0.4) is 0 Å². The Balaban J connectivity index is 1.55. The van der Waals surface area contributed by atoms with Gasteiger partial charge in [0, 0.05) is 44.7 Å². The topological polar surface area (TPSA) is 60.2 Å². The first-order valence-electron chi connectivity index (χ1n) is 9.32. The fraction of sp³-hybridized carbons (Fsp3) is 0.550. The van der Waals surface area contributed by atoms with Crippen molar-refractivity contribution in [3.63, 3.8) is 0 Å². The van der Waals surface area contributed by atoms with Gasteiger partial charge in [-0.15, -0.1) is 10.2 Å². The second-order valence-electron chi connectivity index (χ2n) is 7.76. The van der Waals surface area contributed by atoms with Gasteiger partial charge in [-0.05, 0) is 25.3 Å². The molecule has 6 heteroatoms. The lowest BCUT2D eigenvalue weighted by molar-refractivity contribution is -0.130. The van der Waals surface area contributed by atoms with Crippen molar-refractivity contribution in [3.8, 4) is 0 Å². The molecule has 2 saturated heterocycles. The Kier molecular flexibility index (Phi) is 4.53. The molecule has 3 heterocycles. The molecule has 0 radical (unpaired) electrons. The summed E-state index contributed by atoms with van der Waals surface area (Å²) in [5.41, 5.74) is 2.34. The number of carbonyl (C=O) groups excluding carboxylic acids is 1. The standard InChI is InChI=1S/C20H26N4O2/c1-15-3-5-16(6-4-15)11-18(25)24-12-17(19-22-21-14-23(19)2)20(13-24)7-9-26-10-8-20/h3-6,14,17H,7-13H2,1-2H3. The zero-order valence-corrected chi connectivity index (χ0v) is 15.5. The zero-order chi connectivity index (χ0) is 18.1. The third kappa shape index (κ3) is 3.14. The number of aromatic nitrogens is 3. The smallest absolute Gasteiger partial charge is 0.227 e. The van der Waals surface area contributed by atoms with E-state index in [0.717, 1.165) is 50.5 Å². The van der Waals surface area contributed by atoms with E-state index in [1.54, 1.807) is 6.33 Å². The van der Waals surface area contributed by atoms with Crippen LogP contribution in [0.25, 0.3) is 0 Å². The largest absolute Gasteiger partial charge is 0.381 e. The molecule has 4 rings (SSSR count). The number of ether oxygens (including phenoxy) is 1. The molecule has 26 heavy (non-hydrogen) atoms. The van der Waals surface area contributed by atoms with Gasteiger partial charge in [0.05, 0.1) is 6.42 Å². The van der Waals surface area contributed by atoms with Crippen LogP contribution in [0.5, 0.6) is 0 Å². The number of rotatable bonds is 3. The van der Waals surface area contributed by atoms with Gasteiger partial charge < -0.3 is 14.2 Å². The summed E-state index contributed by atoms with van der Waals surface area (Å²) in [6.45, 7) is 5.09. The van der Waals surface area contributed by atoms with E-state index in [2.05, 4.69) is 29.3 Å². The highest BCUT2D eigenvalue weighted by Gasteiger charge is 2.50. The first kappa shape index (κ1) is 17.2. The Bertz CT molecular complexity index is 777. The molecule has 1 atom stereocenters. The number of nitrogens with zero attached hydrogens (tertiary/aromatic N) is 4. The molecule has 0 bridgehead atoms. The molecule has 1 aromatic carbocycles. The highest BCUT2D eigenvalue weighted by Crippen LogP contribution is 2.48. The lowest BCUT2D eigenvalue weighted by Gasteiger charge is -2.37. The van der Waals surface area contributed by atoms with Gasteiger partial charge in [0.2, 0.25) is 5.91 Å². The van der Waals surface area contributed by atoms with Gasteiger partial charge in [-0.25, -0.2) is 0 Å². The highest BCUT2D eigenvalue weighted by molar-refractivity contribution is 5.79. The summed E-state index contributed by atoms with van der Waals surface area (Å²) in [5, 5.41) is 8.44. The van der Waals surface area contributed by atoms with Crippen molar-refractivity contribution in [1.82, 2.24) is 19.7 Å². The average molecular weight is 354 g/mol. The van der Waals surface area contributed by atoms with Crippen molar-refractivity contribution in [2.24, 2.45) is 12.5 Å². The predicted octanol–water partition coefficient (Wildman–Crippen LogP) is 2.09. The van der Waals surface area contributed by atoms with Crippen LogP contribution in [0.1, 0.15) is 35.7 Å². The van der Waals surface area contributed by atoms with Crippen molar-refractivity contribution in [2.75, 3.05) is 26.3 Å². The lowest BCUT2D eigenvalue weighted by atomic mass is 9.72. The van der Waals surface area contributed by atoms with E-state index >= 15 is 0 Å². The van der Waals surface area contributed by atoms with Gasteiger partial charge in [0.1, 0.15) is 12.2 Å². The maximum absolute atomic E-state index is 13.0. The van der Waals surface area contributed by atoms with E-state index in [9.17, 15) is 4.79 Å². The Morgan fingerprint density at radius 3 is 2.65 bits per heavy atom. The summed E-state index contributed by atoms with van der Waals surface area (Å²) in [7, 11) is 1.99. The number of carbonyl (C=O) groups is 1. The zero-order valence-electron chi connectivity index (χ0n) is 15.5. The molecule has 0 N–H and O–H groups in total. The molecule has 1 spiro atoms. The van der Waals surface area contributed by atoms with E-state index in [4.69, 9.17) is 4.74 Å². The monoisotopic (exact) mass is 354 g/mol. The molecule has 0 saturated carbocycles. The third-order valence-electron chi connectivity index (χ3n) is 6.02. The third-order valence-corrected chi connectivity index (χ3v) is 6.02. The molecular formula is C20H26N4O2. The number of hydrogen-bond acceptors (Lipinski definition) is 4. The molecule has 1 unspecified atom stereocenters. The number of hydrogen-bond donors (Lipinski definition) is 0. The maximum atomic E-state index is 13.0. The van der Waals surface area contributed by atoms with Crippen LogP contribution in [0, 0.1) is 12.3 Å². The van der Waals surface area contributed by atoms with Crippen LogP contribution in [0.15, 0.2) is 30.6 Å². The summed E-state index contributed by atoms with van der Waals surface area (Å²) in [6, 6.07) is 8.23. The van der Waals surface area contributed by atoms with Crippen LogP contribution < -0.4 is 0 Å². The SMILES string of the molecule is Cc1ccc(CC(=O)N2CC(c3nncn3C)C3(CCOCC3)C2)cc1. The number of amides is 1. The van der Waals surface area contributed by atoms with Gasteiger partial charge in [0.15, 0.2) is 0 Å². The van der Waals surface area contributed by atoms with Crippen molar-refractivity contribution in [2.45, 2.75) is 32.1 Å². The van der Waals surface area contributed by atoms with E-state index in [1.165, 1.54) is 5.56 Å². The fourth-order valence-corrected chi connectivity index (χ4v) is 4.40. The molecule has 2 aromatic rings. The quantitative estimate of drug-likeness (QED) is 0.847. The Morgan fingerprint density at radius 2 is 2.00 bits per heavy atom. The molecule has 1 amide bonds. The molecule has 6 nitrogen and oxygen atoms in total. The molecular weight excluding hydrogens is 328 g/mol. The van der Waals surface area contributed by atoms with Gasteiger partial charge in [0.25, 0.3) is 0 Å². The minimum Gasteiger partial charge on any atom is -0.381 e. The van der Waals surface area contributed by atoms with E-state index in [0.29, 0.717) is 6.42 Å². The summed E-state index contributed by atoms with van der Waals surface area (Å²) in [6.07, 6.45) is 4.15. The number of likely N-dealkylation sites (tertiary alicyclic amines) is 1. The van der Waals surface area contributed by atoms with E-state index in [1.807, 2.05) is 28.6 Å². The molecule has 138 valence electrons. The fourth-order valence-electron chi connectivity index (χ4n) is 4.40. The first-order chi connectivity index (χ1) is 12.6. The Morgan fingerprint density at radius 1 is 1.27 bits per heavy atom. The molecule has 1 aromatic heterocycles. The highest BCUT2D eigenvalue weighted by atomic mass is 16.5. The first-order valence-corrected chi connectivity index (χ1v) is 9.32. The van der Waals surface area contributed by atoms with Gasteiger partial charge in [-0.1, -0.05) is 29.8 Å². The minimum atomic E-state index is 0.0575. The van der Waals surface area contributed by atoms with Crippen molar-refractivity contribution >= 4 is 5.91 Å². The lowest BCUT2D eigenvalue weighted by Crippen LogP contribution is -2.38. The second kappa shape index (κ2) is 6.83. The van der Waals surface area contributed by atoms with Crippen LogP contribution in [0.2, 0.25) is 0 Å². The maximum Gasteiger partial charge on any atom is 0.227 e. The van der Waals surface area contributed by atoms with Crippen LogP contribution in [0.4, 0.5) is 0 Å².